The summed E-state index contributed by atoms with van der Waals surface area (Å²) in [5.74, 6) is -0.316. The minimum atomic E-state index is -3.71. The van der Waals surface area contributed by atoms with Gasteiger partial charge in [-0.25, -0.2) is 8.42 Å². The fourth-order valence-electron chi connectivity index (χ4n) is 2.11. The summed E-state index contributed by atoms with van der Waals surface area (Å²) in [7, 11) is -3.71. The van der Waals surface area contributed by atoms with Gasteiger partial charge in [-0.05, 0) is 6.07 Å². The van der Waals surface area contributed by atoms with E-state index in [1.54, 1.807) is 13.8 Å². The van der Waals surface area contributed by atoms with E-state index >= 15 is 0 Å². The largest absolute Gasteiger partial charge is 0.363 e. The molecule has 0 fully saturated rings. The Balaban J connectivity index is 2.25. The van der Waals surface area contributed by atoms with Gasteiger partial charge in [0.1, 0.15) is 12.8 Å². The van der Waals surface area contributed by atoms with Crippen LogP contribution in [0.25, 0.3) is 0 Å². The number of hydrogen-bond donors (Lipinski definition) is 1. The van der Waals surface area contributed by atoms with Gasteiger partial charge in [0.05, 0.1) is 4.90 Å². The van der Waals surface area contributed by atoms with Gasteiger partial charge in [-0.15, -0.1) is 0 Å². The maximum Gasteiger partial charge on any atom is 0.251 e. The highest BCUT2D eigenvalue weighted by atomic mass is 32.2. The second-order valence-electron chi connectivity index (χ2n) is 4.85. The first-order chi connectivity index (χ1) is 11.4. The molecule has 0 atom stereocenters. The summed E-state index contributed by atoms with van der Waals surface area (Å²) in [6.45, 7) is 3.73. The van der Waals surface area contributed by atoms with Gasteiger partial charge < -0.3 is 14.4 Å². The molecule has 2 heterocycles. The SMILES string of the molecule is CCN(CC)S(=O)(=O)c1ccc(=O)n(CC(=O)Nc2ccon2)c1. The molecule has 0 aromatic carbocycles. The fraction of sp³-hybridized carbons (Fsp3) is 0.357. The van der Waals surface area contributed by atoms with Crippen LogP contribution in [0.15, 0.2) is 44.9 Å². The normalized spacial score (nSPS) is 11.6. The molecule has 9 nitrogen and oxygen atoms in total. The molecule has 10 heteroatoms. The molecule has 0 radical (unpaired) electrons. The molecular weight excluding hydrogens is 336 g/mol. The molecule has 0 aliphatic rings. The summed E-state index contributed by atoms with van der Waals surface area (Å²) in [6.07, 6.45) is 2.46. The van der Waals surface area contributed by atoms with Crippen LogP contribution in [0.1, 0.15) is 13.8 Å². The van der Waals surface area contributed by atoms with E-state index in [0.29, 0.717) is 13.1 Å². The number of amides is 1. The average Bonchev–Trinajstić information content (AvgIpc) is 3.03. The summed E-state index contributed by atoms with van der Waals surface area (Å²) < 4.78 is 31.9. The van der Waals surface area contributed by atoms with Crippen LogP contribution in [-0.4, -0.2) is 41.4 Å². The number of nitrogens with zero attached hydrogens (tertiary/aromatic N) is 3. The molecule has 0 aliphatic heterocycles. The Labute approximate surface area is 138 Å². The summed E-state index contributed by atoms with van der Waals surface area (Å²) in [6, 6.07) is 3.81. The standard InChI is InChI=1S/C14H18N4O5S/c1-3-18(4-2)24(21,22)11-5-6-14(20)17(9-11)10-13(19)15-12-7-8-23-16-12/h5-9H,3-4,10H2,1-2H3,(H,15,16,19). The van der Waals surface area contributed by atoms with Gasteiger partial charge in [0.15, 0.2) is 5.82 Å². The van der Waals surface area contributed by atoms with Crippen molar-refractivity contribution in [3.05, 3.63) is 41.0 Å². The Morgan fingerprint density at radius 2 is 2.00 bits per heavy atom. The first-order valence-corrected chi connectivity index (χ1v) is 8.73. The van der Waals surface area contributed by atoms with Crippen LogP contribution in [0, 0.1) is 0 Å². The quantitative estimate of drug-likeness (QED) is 0.774. The summed E-state index contributed by atoms with van der Waals surface area (Å²) in [5.41, 5.74) is -0.483. The molecule has 0 unspecified atom stereocenters. The van der Waals surface area contributed by atoms with Gasteiger partial charge in [0, 0.05) is 31.4 Å². The molecule has 130 valence electrons. The van der Waals surface area contributed by atoms with Gasteiger partial charge in [-0.1, -0.05) is 19.0 Å². The lowest BCUT2D eigenvalue weighted by molar-refractivity contribution is -0.116. The van der Waals surface area contributed by atoms with Crippen molar-refractivity contribution >= 4 is 21.7 Å². The molecule has 0 spiro atoms. The number of aromatic nitrogens is 2. The van der Waals surface area contributed by atoms with Crippen molar-refractivity contribution in [1.29, 1.82) is 0 Å². The highest BCUT2D eigenvalue weighted by Crippen LogP contribution is 2.13. The van der Waals surface area contributed by atoms with E-state index in [9.17, 15) is 18.0 Å². The van der Waals surface area contributed by atoms with Crippen LogP contribution in [-0.2, 0) is 21.4 Å². The van der Waals surface area contributed by atoms with Crippen molar-refractivity contribution in [1.82, 2.24) is 14.0 Å². The van der Waals surface area contributed by atoms with Gasteiger partial charge in [-0.3, -0.25) is 9.59 Å². The second kappa shape index (κ2) is 7.41. The highest BCUT2D eigenvalue weighted by Gasteiger charge is 2.22. The lowest BCUT2D eigenvalue weighted by atomic mass is 10.4. The second-order valence-corrected chi connectivity index (χ2v) is 6.79. The predicted octanol–water partition coefficient (Wildman–Crippen LogP) is 0.505. The lowest BCUT2D eigenvalue weighted by Crippen LogP contribution is -2.33. The van der Waals surface area contributed by atoms with Crippen LogP contribution < -0.4 is 10.9 Å². The first kappa shape index (κ1) is 17.9. The minimum absolute atomic E-state index is 0.0416. The van der Waals surface area contributed by atoms with E-state index in [2.05, 4.69) is 15.0 Å². The molecule has 24 heavy (non-hydrogen) atoms. The minimum Gasteiger partial charge on any atom is -0.363 e. The third kappa shape index (κ3) is 3.89. The zero-order valence-electron chi connectivity index (χ0n) is 13.3. The Hall–Kier alpha value is -2.46. The summed E-state index contributed by atoms with van der Waals surface area (Å²) >= 11 is 0. The first-order valence-electron chi connectivity index (χ1n) is 7.29. The van der Waals surface area contributed by atoms with Crippen LogP contribution >= 0.6 is 0 Å². The van der Waals surface area contributed by atoms with E-state index < -0.39 is 21.5 Å². The Morgan fingerprint density at radius 3 is 2.58 bits per heavy atom. The van der Waals surface area contributed by atoms with Crippen LogP contribution in [0.3, 0.4) is 0 Å². The van der Waals surface area contributed by atoms with E-state index in [-0.39, 0.29) is 17.3 Å². The fourth-order valence-corrected chi connectivity index (χ4v) is 3.59. The summed E-state index contributed by atoms with van der Waals surface area (Å²) in [5, 5.41) is 5.96. The van der Waals surface area contributed by atoms with Crippen molar-refractivity contribution in [2.24, 2.45) is 0 Å². The van der Waals surface area contributed by atoms with Crippen molar-refractivity contribution in [3.8, 4) is 0 Å². The van der Waals surface area contributed by atoms with Crippen molar-refractivity contribution in [2.45, 2.75) is 25.3 Å². The number of pyridine rings is 1. The molecule has 1 amide bonds. The number of anilines is 1. The number of nitrogens with one attached hydrogen (secondary N) is 1. The Kier molecular flexibility index (Phi) is 5.52. The average molecular weight is 354 g/mol. The highest BCUT2D eigenvalue weighted by molar-refractivity contribution is 7.89. The number of carbonyl (C=O) groups excluding carboxylic acids is 1. The van der Waals surface area contributed by atoms with Gasteiger partial charge in [0.2, 0.25) is 15.9 Å². The number of carbonyl (C=O) groups is 1. The smallest absolute Gasteiger partial charge is 0.251 e. The van der Waals surface area contributed by atoms with Gasteiger partial charge in [-0.2, -0.15) is 4.31 Å². The van der Waals surface area contributed by atoms with Crippen molar-refractivity contribution < 1.29 is 17.7 Å². The molecule has 0 saturated carbocycles. The molecule has 2 rings (SSSR count). The molecule has 0 bridgehead atoms. The molecular formula is C14H18N4O5S. The van der Waals surface area contributed by atoms with Crippen LogP contribution in [0.5, 0.6) is 0 Å². The van der Waals surface area contributed by atoms with E-state index in [1.165, 1.54) is 28.9 Å². The third-order valence-corrected chi connectivity index (χ3v) is 5.35. The van der Waals surface area contributed by atoms with Gasteiger partial charge >= 0.3 is 0 Å². The Morgan fingerprint density at radius 1 is 1.29 bits per heavy atom. The number of hydrogen-bond acceptors (Lipinski definition) is 6. The maximum absolute atomic E-state index is 12.5. The molecule has 0 saturated heterocycles. The molecule has 2 aromatic heterocycles. The number of rotatable bonds is 7. The maximum atomic E-state index is 12.5. The molecule has 1 N–H and O–H groups in total. The third-order valence-electron chi connectivity index (χ3n) is 3.32. The van der Waals surface area contributed by atoms with E-state index in [0.717, 1.165) is 10.6 Å². The lowest BCUT2D eigenvalue weighted by Gasteiger charge is -2.18. The Bertz CT molecular complexity index is 854. The predicted molar refractivity (Wildman–Crippen MR) is 85.9 cm³/mol. The van der Waals surface area contributed by atoms with Crippen molar-refractivity contribution in [2.75, 3.05) is 18.4 Å². The van der Waals surface area contributed by atoms with Crippen LogP contribution in [0.4, 0.5) is 5.82 Å². The number of sulfonamides is 1. The summed E-state index contributed by atoms with van der Waals surface area (Å²) in [4.78, 5) is 23.8. The monoisotopic (exact) mass is 354 g/mol. The zero-order chi connectivity index (χ0) is 17.7. The van der Waals surface area contributed by atoms with Crippen molar-refractivity contribution in [3.63, 3.8) is 0 Å². The molecule has 2 aromatic rings. The van der Waals surface area contributed by atoms with Crippen LogP contribution in [0.2, 0.25) is 0 Å². The van der Waals surface area contributed by atoms with E-state index in [1.807, 2.05) is 0 Å². The topological polar surface area (TPSA) is 115 Å². The van der Waals surface area contributed by atoms with E-state index in [4.69, 9.17) is 0 Å². The molecule has 0 aliphatic carbocycles. The zero-order valence-corrected chi connectivity index (χ0v) is 14.1. The van der Waals surface area contributed by atoms with Gasteiger partial charge in [0.25, 0.3) is 5.56 Å².